The molecule has 0 saturated heterocycles. The predicted molar refractivity (Wildman–Crippen MR) is 172 cm³/mol. The van der Waals surface area contributed by atoms with E-state index in [2.05, 4.69) is 26.0 Å². The number of hydrogen-bond donors (Lipinski definition) is 4. The van der Waals surface area contributed by atoms with Crippen LogP contribution >= 0.6 is 0 Å². The van der Waals surface area contributed by atoms with Gasteiger partial charge in [0.05, 0.1) is 24.9 Å². The number of aromatic nitrogens is 3. The molecule has 0 fully saturated rings. The van der Waals surface area contributed by atoms with Gasteiger partial charge in [-0.2, -0.15) is 5.10 Å². The Labute approximate surface area is 283 Å². The van der Waals surface area contributed by atoms with Crippen LogP contribution in [0.15, 0.2) is 66.0 Å². The summed E-state index contributed by atoms with van der Waals surface area (Å²) in [6.45, 7) is 1.53. The molecular formula is C35H30F2N6O7. The van der Waals surface area contributed by atoms with Crippen LogP contribution in [0.3, 0.4) is 0 Å². The smallest absolute Gasteiger partial charge is 0.335 e. The van der Waals surface area contributed by atoms with Crippen molar-refractivity contribution in [3.63, 3.8) is 0 Å². The number of carboxylic acid groups (broad SMARTS) is 1. The third-order valence-corrected chi connectivity index (χ3v) is 8.72. The van der Waals surface area contributed by atoms with Crippen LogP contribution < -0.4 is 16.0 Å². The minimum absolute atomic E-state index is 0.0546. The summed E-state index contributed by atoms with van der Waals surface area (Å²) < 4.78 is 33.0. The average molecular weight is 685 g/mol. The Kier molecular flexibility index (Phi) is 9.22. The molecule has 15 heteroatoms. The maximum atomic E-state index is 13.9. The number of fused-ring (bicyclic) bond motifs is 2. The molecule has 13 nitrogen and oxygen atoms in total. The molecular weight excluding hydrogens is 654 g/mol. The summed E-state index contributed by atoms with van der Waals surface area (Å²) >= 11 is 0. The van der Waals surface area contributed by atoms with E-state index in [0.29, 0.717) is 42.5 Å². The molecule has 4 aromatic rings. The van der Waals surface area contributed by atoms with E-state index >= 15 is 0 Å². The number of carbonyl (C=O) groups excluding carboxylic acids is 4. The van der Waals surface area contributed by atoms with Gasteiger partial charge in [-0.15, -0.1) is 0 Å². The molecule has 0 radical (unpaired) electrons. The van der Waals surface area contributed by atoms with Gasteiger partial charge in [0.2, 0.25) is 0 Å². The molecule has 2 aliphatic rings. The molecule has 0 saturated carbocycles. The van der Waals surface area contributed by atoms with Gasteiger partial charge in [0, 0.05) is 23.9 Å². The van der Waals surface area contributed by atoms with E-state index in [1.54, 1.807) is 25.1 Å². The van der Waals surface area contributed by atoms with Gasteiger partial charge in [0.25, 0.3) is 17.7 Å². The van der Waals surface area contributed by atoms with E-state index in [4.69, 9.17) is 4.74 Å². The quantitative estimate of drug-likeness (QED) is 0.190. The SMILES string of the molecule is COC(=O)C1=CC=C(NC(=O)c2cnn3c(C(=O)N[C@H]4CCc5c4ccc(C(=O)O)c5C)cc(C(=O)NCc4ccc(F)c(F)c4)nc23)CC1. The van der Waals surface area contributed by atoms with Crippen molar-refractivity contribution in [1.82, 2.24) is 30.5 Å². The molecule has 0 aliphatic heterocycles. The second-order valence-corrected chi connectivity index (χ2v) is 11.8. The fourth-order valence-corrected chi connectivity index (χ4v) is 6.07. The monoisotopic (exact) mass is 684 g/mol. The minimum Gasteiger partial charge on any atom is -0.478 e. The number of carbonyl (C=O) groups is 5. The van der Waals surface area contributed by atoms with Gasteiger partial charge in [0.1, 0.15) is 17.0 Å². The van der Waals surface area contributed by atoms with Crippen LogP contribution in [-0.2, 0) is 22.5 Å². The van der Waals surface area contributed by atoms with Crippen molar-refractivity contribution in [2.75, 3.05) is 7.11 Å². The molecule has 256 valence electrons. The summed E-state index contributed by atoms with van der Waals surface area (Å²) in [5, 5.41) is 22.0. The Morgan fingerprint density at radius 1 is 0.960 bits per heavy atom. The normalized spacial score (nSPS) is 15.1. The molecule has 2 aliphatic carbocycles. The highest BCUT2D eigenvalue weighted by Gasteiger charge is 2.30. The molecule has 50 heavy (non-hydrogen) atoms. The predicted octanol–water partition coefficient (Wildman–Crippen LogP) is 3.87. The standard InChI is InChI=1S/C35H30F2N6O7/c1-17-21-10-12-27(23(21)9-8-22(17)34(47)48)42-33(46)29-14-28(32(45)38-15-18-3-11-25(36)26(37)13-18)41-30-24(16-39-43(29)30)31(44)40-20-6-4-19(5-7-20)35(49)50-2/h3-4,6,8-9,11,13-14,16,27H,5,7,10,12,15H2,1-2H3,(H,38,45)(H,40,44)(H,42,46)(H,47,48)/t27-/m0/s1. The highest BCUT2D eigenvalue weighted by atomic mass is 19.2. The Hall–Kier alpha value is -6.25. The van der Waals surface area contributed by atoms with Crippen molar-refractivity contribution < 1.29 is 42.6 Å². The first-order chi connectivity index (χ1) is 23.9. The number of rotatable bonds is 9. The number of amides is 3. The first kappa shape index (κ1) is 33.6. The Morgan fingerprint density at radius 3 is 2.46 bits per heavy atom. The number of aromatic carboxylic acids is 1. The molecule has 3 amide bonds. The Morgan fingerprint density at radius 2 is 1.76 bits per heavy atom. The van der Waals surface area contributed by atoms with E-state index < -0.39 is 47.3 Å². The lowest BCUT2D eigenvalue weighted by molar-refractivity contribution is -0.136. The number of allylic oxidation sites excluding steroid dienone is 3. The number of carboxylic acids is 1. The number of hydrogen-bond acceptors (Lipinski definition) is 8. The molecule has 0 unspecified atom stereocenters. The Bertz CT molecular complexity index is 2170. The molecule has 0 spiro atoms. The van der Waals surface area contributed by atoms with Crippen LogP contribution in [0.2, 0.25) is 0 Å². The first-order valence-corrected chi connectivity index (χ1v) is 15.5. The zero-order valence-electron chi connectivity index (χ0n) is 26.8. The van der Waals surface area contributed by atoms with Gasteiger partial charge in [-0.05, 0) is 79.1 Å². The summed E-state index contributed by atoms with van der Waals surface area (Å²) in [6, 6.07) is 7.06. The molecule has 2 aromatic heterocycles. The molecule has 6 rings (SSSR count). The van der Waals surface area contributed by atoms with E-state index in [0.717, 1.165) is 27.8 Å². The molecule has 0 bridgehead atoms. The minimum atomic E-state index is -1.09. The number of esters is 1. The fraction of sp³-hybridized carbons (Fsp3) is 0.229. The largest absolute Gasteiger partial charge is 0.478 e. The third kappa shape index (κ3) is 6.57. The highest BCUT2D eigenvalue weighted by molar-refractivity contribution is 6.03. The Balaban J connectivity index is 1.32. The number of halogens is 2. The van der Waals surface area contributed by atoms with Gasteiger partial charge in [-0.3, -0.25) is 14.4 Å². The van der Waals surface area contributed by atoms with Gasteiger partial charge in [0.15, 0.2) is 17.3 Å². The van der Waals surface area contributed by atoms with Crippen LogP contribution in [0.1, 0.15) is 89.3 Å². The van der Waals surface area contributed by atoms with Crippen molar-refractivity contribution in [3.05, 3.63) is 122 Å². The van der Waals surface area contributed by atoms with Crippen LogP contribution in [0.5, 0.6) is 0 Å². The van der Waals surface area contributed by atoms with Gasteiger partial charge in [-0.25, -0.2) is 27.9 Å². The number of ether oxygens (including phenoxy) is 1. The van der Waals surface area contributed by atoms with Gasteiger partial charge in [-0.1, -0.05) is 18.2 Å². The molecule has 2 aromatic carbocycles. The summed E-state index contributed by atoms with van der Waals surface area (Å²) in [4.78, 5) is 68.5. The topological polar surface area (TPSA) is 181 Å². The number of benzene rings is 2. The first-order valence-electron chi connectivity index (χ1n) is 15.5. The second kappa shape index (κ2) is 13.7. The summed E-state index contributed by atoms with van der Waals surface area (Å²) in [6.07, 6.45) is 6.02. The van der Waals surface area contributed by atoms with Crippen LogP contribution in [0.4, 0.5) is 8.78 Å². The van der Waals surface area contributed by atoms with E-state index in [9.17, 15) is 37.9 Å². The van der Waals surface area contributed by atoms with Gasteiger partial charge >= 0.3 is 11.9 Å². The maximum Gasteiger partial charge on any atom is 0.335 e. The van der Waals surface area contributed by atoms with Crippen molar-refractivity contribution in [1.29, 1.82) is 0 Å². The maximum absolute atomic E-state index is 13.9. The molecule has 4 N–H and O–H groups in total. The van der Waals surface area contributed by atoms with Crippen LogP contribution in [-0.4, -0.2) is 56.5 Å². The summed E-state index contributed by atoms with van der Waals surface area (Å²) in [5.74, 6) is -5.69. The zero-order chi connectivity index (χ0) is 35.7. The lowest BCUT2D eigenvalue weighted by Crippen LogP contribution is -2.31. The van der Waals surface area contributed by atoms with E-state index in [1.165, 1.54) is 31.5 Å². The number of methoxy groups -OCH3 is 1. The summed E-state index contributed by atoms with van der Waals surface area (Å²) in [7, 11) is 1.28. The number of nitrogens with zero attached hydrogens (tertiary/aromatic N) is 3. The second-order valence-electron chi connectivity index (χ2n) is 11.8. The van der Waals surface area contributed by atoms with Crippen molar-refractivity contribution in [2.45, 2.75) is 45.2 Å². The van der Waals surface area contributed by atoms with Crippen molar-refractivity contribution >= 4 is 35.3 Å². The fourth-order valence-electron chi connectivity index (χ4n) is 6.07. The van der Waals surface area contributed by atoms with Crippen LogP contribution in [0.25, 0.3) is 5.65 Å². The lowest BCUT2D eigenvalue weighted by Gasteiger charge is -2.16. The van der Waals surface area contributed by atoms with Crippen molar-refractivity contribution in [3.8, 4) is 0 Å². The zero-order valence-corrected chi connectivity index (χ0v) is 26.8. The summed E-state index contributed by atoms with van der Waals surface area (Å²) in [5.41, 5.74) is 3.07. The van der Waals surface area contributed by atoms with Gasteiger partial charge < -0.3 is 25.8 Å². The van der Waals surface area contributed by atoms with E-state index in [-0.39, 0.29) is 40.3 Å². The third-order valence-electron chi connectivity index (χ3n) is 8.72. The van der Waals surface area contributed by atoms with E-state index in [1.807, 2.05) is 0 Å². The van der Waals surface area contributed by atoms with Crippen molar-refractivity contribution in [2.24, 2.45) is 0 Å². The molecule has 2 heterocycles. The average Bonchev–Trinajstić information content (AvgIpc) is 3.73. The van der Waals surface area contributed by atoms with Crippen LogP contribution in [0, 0.1) is 18.6 Å². The number of nitrogens with one attached hydrogen (secondary N) is 3. The highest BCUT2D eigenvalue weighted by Crippen LogP contribution is 2.35. The lowest BCUT2D eigenvalue weighted by atomic mass is 9.98. The molecule has 1 atom stereocenters.